The number of nitrogens with one attached hydrogen (secondary N) is 1. The van der Waals surface area contributed by atoms with Gasteiger partial charge in [-0.3, -0.25) is 28.8 Å². The van der Waals surface area contributed by atoms with Crippen LogP contribution in [0.25, 0.3) is 0 Å². The lowest BCUT2D eigenvalue weighted by molar-refractivity contribution is -0.236. The van der Waals surface area contributed by atoms with E-state index in [1.165, 1.54) is 5.06 Å². The molecule has 0 bridgehead atoms. The Morgan fingerprint density at radius 1 is 0.667 bits per heavy atom. The molecule has 0 saturated carbocycles. The summed E-state index contributed by atoms with van der Waals surface area (Å²) in [6.45, 7) is 16.1. The first kappa shape index (κ1) is 48.8. The van der Waals surface area contributed by atoms with Crippen molar-refractivity contribution in [2.45, 2.75) is 86.2 Å². The van der Waals surface area contributed by atoms with Gasteiger partial charge >= 0.3 is 0 Å². The quantitative estimate of drug-likeness (QED) is 0.207. The number of nitrogens with zero attached hydrogens (tertiary/aromatic N) is 1. The Morgan fingerprint density at radius 3 is 1.00 bits per heavy atom. The molecule has 234 valence electrons. The van der Waals surface area contributed by atoms with E-state index in [2.05, 4.69) is 5.32 Å². The number of carboxylic acid groups (broad SMARTS) is 5. The van der Waals surface area contributed by atoms with Gasteiger partial charge in [0.2, 0.25) is 0 Å². The summed E-state index contributed by atoms with van der Waals surface area (Å²) in [6.07, 6.45) is 0.875. The van der Waals surface area contributed by atoms with Crippen molar-refractivity contribution in [1.29, 1.82) is 0 Å². The molecule has 0 aromatic heterocycles. The smallest absolute Gasteiger partial charge is 0.300 e. The van der Waals surface area contributed by atoms with Crippen molar-refractivity contribution >= 4 is 35.6 Å². The molecule has 0 radical (unpaired) electrons. The van der Waals surface area contributed by atoms with Crippen molar-refractivity contribution in [2.24, 2.45) is 11.5 Å². The van der Waals surface area contributed by atoms with E-state index in [1.54, 1.807) is 0 Å². The SMILES string of the molecule is CC(=O)O.CC(=O)O.CC(=O)O.CC(=O)O.CC(=O)O.CC1(C)CC(=O)CC(C)(C)N1O.NCCNCCN. The van der Waals surface area contributed by atoms with Crippen LogP contribution in [0.15, 0.2) is 0 Å². The Labute approximate surface area is 229 Å². The minimum Gasteiger partial charge on any atom is -0.481 e. The van der Waals surface area contributed by atoms with Crippen LogP contribution in [0.4, 0.5) is 0 Å². The topological polar surface area (TPSA) is 291 Å². The molecule has 0 aromatic carbocycles. The number of nitrogens with two attached hydrogens (primary N) is 2. The maximum absolute atomic E-state index is 11.3. The summed E-state index contributed by atoms with van der Waals surface area (Å²) >= 11 is 0. The van der Waals surface area contributed by atoms with Crippen LogP contribution in [0, 0.1) is 0 Å². The average molecular weight is 575 g/mol. The molecule has 16 heteroatoms. The normalized spacial score (nSPS) is 13.8. The Hall–Kier alpha value is -3.18. The van der Waals surface area contributed by atoms with Crippen molar-refractivity contribution < 1.29 is 59.5 Å². The van der Waals surface area contributed by atoms with Gasteiger partial charge in [0.1, 0.15) is 5.78 Å². The van der Waals surface area contributed by atoms with E-state index in [0.29, 0.717) is 25.9 Å². The van der Waals surface area contributed by atoms with Crippen LogP contribution in [-0.2, 0) is 28.8 Å². The molecule has 1 fully saturated rings. The average Bonchev–Trinajstić information content (AvgIpc) is 2.64. The van der Waals surface area contributed by atoms with Crippen LogP contribution < -0.4 is 16.8 Å². The standard InChI is InChI=1S/C9H17NO2.C4H13N3.5C2H4O2/c1-8(2)5-7(11)6-9(3,4)10(8)12;5-1-3-7-4-2-6;5*1-2(3)4/h12H,5-6H2,1-4H3;7H,1-6H2;5*1H3,(H,3,4). The lowest BCUT2D eigenvalue weighted by atomic mass is 9.81. The highest BCUT2D eigenvalue weighted by Crippen LogP contribution is 2.34. The second-order valence-corrected chi connectivity index (χ2v) is 8.75. The van der Waals surface area contributed by atoms with Crippen LogP contribution >= 0.6 is 0 Å². The van der Waals surface area contributed by atoms with Gasteiger partial charge in [-0.1, -0.05) is 0 Å². The third kappa shape index (κ3) is 72.0. The molecule has 1 saturated heterocycles. The molecular formula is C23H50N4O12. The Balaban J connectivity index is -0.0000000875. The van der Waals surface area contributed by atoms with Crippen LogP contribution in [0.3, 0.4) is 0 Å². The van der Waals surface area contributed by atoms with E-state index in [0.717, 1.165) is 47.7 Å². The van der Waals surface area contributed by atoms with E-state index in [4.69, 9.17) is 61.0 Å². The van der Waals surface area contributed by atoms with Gasteiger partial charge in [0.25, 0.3) is 29.8 Å². The number of hydroxylamine groups is 2. The van der Waals surface area contributed by atoms with Gasteiger partial charge in [-0.05, 0) is 27.7 Å². The second-order valence-electron chi connectivity index (χ2n) is 8.75. The summed E-state index contributed by atoms with van der Waals surface area (Å²) in [7, 11) is 0. The predicted octanol–water partition coefficient (Wildman–Crippen LogP) is 0.546. The van der Waals surface area contributed by atoms with Crippen LogP contribution in [0.5, 0.6) is 0 Å². The van der Waals surface area contributed by atoms with Gasteiger partial charge in [-0.2, -0.15) is 5.06 Å². The van der Waals surface area contributed by atoms with Gasteiger partial charge in [0.15, 0.2) is 0 Å². The molecular weight excluding hydrogens is 524 g/mol. The van der Waals surface area contributed by atoms with E-state index >= 15 is 0 Å². The summed E-state index contributed by atoms with van der Waals surface area (Å²) in [4.78, 5) is 56.3. The van der Waals surface area contributed by atoms with Gasteiger partial charge < -0.3 is 47.5 Å². The van der Waals surface area contributed by atoms with E-state index in [-0.39, 0.29) is 5.78 Å². The van der Waals surface area contributed by atoms with Crippen molar-refractivity contribution in [3.05, 3.63) is 0 Å². The summed E-state index contributed by atoms with van der Waals surface area (Å²) in [6, 6.07) is 0. The minimum atomic E-state index is -0.833. The number of rotatable bonds is 4. The van der Waals surface area contributed by atoms with Crippen LogP contribution in [0.1, 0.15) is 75.2 Å². The van der Waals surface area contributed by atoms with Gasteiger partial charge in [-0.25, -0.2) is 0 Å². The van der Waals surface area contributed by atoms with E-state index in [9.17, 15) is 10.0 Å². The van der Waals surface area contributed by atoms with Crippen molar-refractivity contribution in [3.63, 3.8) is 0 Å². The number of hydrogen-bond acceptors (Lipinski definition) is 11. The number of carboxylic acids is 5. The zero-order valence-electron chi connectivity index (χ0n) is 24.5. The fourth-order valence-corrected chi connectivity index (χ4v) is 2.33. The van der Waals surface area contributed by atoms with Gasteiger partial charge in [0, 0.05) is 84.7 Å². The zero-order valence-corrected chi connectivity index (χ0v) is 24.5. The Bertz CT molecular complexity index is 585. The Morgan fingerprint density at radius 2 is 0.846 bits per heavy atom. The fraction of sp³-hybridized carbons (Fsp3) is 0.739. The molecule has 16 nitrogen and oxygen atoms in total. The van der Waals surface area contributed by atoms with Crippen molar-refractivity contribution in [2.75, 3.05) is 26.2 Å². The molecule has 0 atom stereocenters. The van der Waals surface area contributed by atoms with Gasteiger partial charge in [0.05, 0.1) is 0 Å². The van der Waals surface area contributed by atoms with E-state index in [1.807, 2.05) is 27.7 Å². The molecule has 39 heavy (non-hydrogen) atoms. The number of carbonyl (C=O) groups is 6. The summed E-state index contributed by atoms with van der Waals surface area (Å²) in [5.74, 6) is -3.93. The maximum Gasteiger partial charge on any atom is 0.300 e. The summed E-state index contributed by atoms with van der Waals surface area (Å²) < 4.78 is 0. The lowest BCUT2D eigenvalue weighted by Crippen LogP contribution is -2.59. The number of piperidine rings is 1. The number of Topliss-reactive ketones (excluding diaryl/α,β-unsaturated/α-hetero) is 1. The lowest BCUT2D eigenvalue weighted by Gasteiger charge is -2.47. The zero-order chi connectivity index (χ0) is 33.0. The highest BCUT2D eigenvalue weighted by molar-refractivity contribution is 5.81. The van der Waals surface area contributed by atoms with Gasteiger partial charge in [-0.15, -0.1) is 0 Å². The first-order chi connectivity index (χ1) is 17.3. The highest BCUT2D eigenvalue weighted by atomic mass is 16.5. The second kappa shape index (κ2) is 29.4. The molecule has 1 rings (SSSR count). The number of carbonyl (C=O) groups excluding carboxylic acids is 1. The van der Waals surface area contributed by atoms with Crippen LogP contribution in [0.2, 0.25) is 0 Å². The minimum absolute atomic E-state index is 0.232. The van der Waals surface area contributed by atoms with Crippen LogP contribution in [-0.4, -0.2) is 109 Å². The first-order valence-corrected chi connectivity index (χ1v) is 11.4. The maximum atomic E-state index is 11.3. The molecule has 0 aliphatic carbocycles. The monoisotopic (exact) mass is 574 g/mol. The third-order valence-corrected chi connectivity index (χ3v) is 3.05. The first-order valence-electron chi connectivity index (χ1n) is 11.4. The molecule has 0 unspecified atom stereocenters. The van der Waals surface area contributed by atoms with E-state index < -0.39 is 40.9 Å². The molecule has 1 aliphatic heterocycles. The number of ketones is 1. The Kier molecular flexibility index (Phi) is 36.8. The third-order valence-electron chi connectivity index (χ3n) is 3.05. The molecule has 1 heterocycles. The fourth-order valence-electron chi connectivity index (χ4n) is 2.33. The van der Waals surface area contributed by atoms with Crippen molar-refractivity contribution in [3.8, 4) is 0 Å². The molecule has 0 aromatic rings. The highest BCUT2D eigenvalue weighted by Gasteiger charge is 2.44. The number of hydrogen-bond donors (Lipinski definition) is 9. The summed E-state index contributed by atoms with van der Waals surface area (Å²) in [5, 5.41) is 51.2. The predicted molar refractivity (Wildman–Crippen MR) is 144 cm³/mol. The van der Waals surface area contributed by atoms with Crippen molar-refractivity contribution in [1.82, 2.24) is 10.4 Å². The molecule has 0 amide bonds. The summed E-state index contributed by atoms with van der Waals surface area (Å²) in [5.41, 5.74) is 9.50. The largest absolute Gasteiger partial charge is 0.481 e. The molecule has 1 aliphatic rings. The molecule has 0 spiro atoms. The number of aliphatic carboxylic acids is 5. The molecule has 11 N–H and O–H groups in total.